The van der Waals surface area contributed by atoms with Crippen molar-refractivity contribution in [2.24, 2.45) is 0 Å². The molecule has 3 heterocycles. The third-order valence-corrected chi connectivity index (χ3v) is 6.69. The Kier molecular flexibility index (Phi) is 8.05. The average molecular weight is 583 g/mol. The fourth-order valence-corrected chi connectivity index (χ4v) is 4.26. The van der Waals surface area contributed by atoms with Gasteiger partial charge in [-0.25, -0.2) is 24.0 Å². The van der Waals surface area contributed by atoms with E-state index in [1.165, 1.54) is 49.5 Å². The molecule has 13 nitrogen and oxygen atoms in total. The van der Waals surface area contributed by atoms with Gasteiger partial charge in [-0.2, -0.15) is 0 Å². The molecule has 0 aromatic heterocycles. The fraction of sp³-hybridized carbons (Fsp3) is 0.310. The van der Waals surface area contributed by atoms with E-state index in [0.29, 0.717) is 0 Å². The number of esters is 5. The van der Waals surface area contributed by atoms with Crippen molar-refractivity contribution >= 4 is 35.6 Å². The van der Waals surface area contributed by atoms with Crippen molar-refractivity contribution in [2.45, 2.75) is 56.9 Å². The zero-order valence-electron chi connectivity index (χ0n) is 22.6. The number of hydrogen-bond acceptors (Lipinski definition) is 13. The Morgan fingerprint density at radius 3 is 1.55 bits per heavy atom. The van der Waals surface area contributed by atoms with Gasteiger partial charge < -0.3 is 33.5 Å². The zero-order valence-corrected chi connectivity index (χ0v) is 22.6. The maximum Gasteiger partial charge on any atom is 0.349 e. The Morgan fingerprint density at radius 2 is 1.14 bits per heavy atom. The van der Waals surface area contributed by atoms with Crippen LogP contribution in [0.4, 0.5) is 0 Å². The van der Waals surface area contributed by atoms with E-state index in [1.54, 1.807) is 0 Å². The molecule has 1 N–H and O–H groups in total. The number of carbonyl (C=O) groups is 6. The molecule has 220 valence electrons. The molecule has 4 rings (SSSR count). The molecule has 0 aromatic rings. The predicted octanol–water partition coefficient (Wildman–Crippen LogP) is 2.51. The van der Waals surface area contributed by atoms with Gasteiger partial charge in [-0.1, -0.05) is 43.0 Å². The third-order valence-electron chi connectivity index (χ3n) is 6.69. The number of aliphatic hydroxyl groups excluding tert-OH is 1. The number of Topliss-reactive ketones (excluding diaryl/α,β-unsaturated/α-hetero) is 1. The highest BCUT2D eigenvalue weighted by Crippen LogP contribution is 2.45. The molecule has 1 unspecified atom stereocenters. The van der Waals surface area contributed by atoms with Crippen molar-refractivity contribution in [1.29, 1.82) is 0 Å². The summed E-state index contributed by atoms with van der Waals surface area (Å²) in [5.41, 5.74) is -1.06. The van der Waals surface area contributed by atoms with E-state index in [9.17, 15) is 33.9 Å². The van der Waals surface area contributed by atoms with E-state index in [-0.39, 0.29) is 36.8 Å². The summed E-state index contributed by atoms with van der Waals surface area (Å²) in [6.07, 6.45) is 11.5. The number of allylic oxidation sites excluding steroid dienone is 8. The molecule has 3 fully saturated rings. The Labute approximate surface area is 239 Å². The smallest absolute Gasteiger partial charge is 0.349 e. The monoisotopic (exact) mass is 582 g/mol. The van der Waals surface area contributed by atoms with Crippen LogP contribution in [0, 0.1) is 0 Å². The van der Waals surface area contributed by atoms with Crippen molar-refractivity contribution in [3.05, 3.63) is 83.9 Å². The Morgan fingerprint density at radius 1 is 0.690 bits per heavy atom. The summed E-state index contributed by atoms with van der Waals surface area (Å²) in [5.74, 6) is -11.2. The second-order valence-corrected chi connectivity index (χ2v) is 9.62. The average Bonchev–Trinajstić information content (AvgIpc) is 2.90. The Bertz CT molecular complexity index is 1400. The first-order chi connectivity index (χ1) is 19.8. The molecule has 2 saturated heterocycles. The van der Waals surface area contributed by atoms with Crippen LogP contribution in [0.3, 0.4) is 0 Å². The molecule has 0 bridgehead atoms. The van der Waals surface area contributed by atoms with Crippen LogP contribution in [0.25, 0.3) is 0 Å². The highest BCUT2D eigenvalue weighted by Gasteiger charge is 2.56. The first-order valence-corrected chi connectivity index (χ1v) is 12.7. The van der Waals surface area contributed by atoms with Crippen LogP contribution < -0.4 is 0 Å². The lowest BCUT2D eigenvalue weighted by atomic mass is 9.87. The Hall–Kier alpha value is -5.20. The minimum Gasteiger partial charge on any atom is -0.480 e. The fourth-order valence-electron chi connectivity index (χ4n) is 4.26. The van der Waals surface area contributed by atoms with Gasteiger partial charge in [0.25, 0.3) is 17.5 Å². The summed E-state index contributed by atoms with van der Waals surface area (Å²) in [6, 6.07) is 0. The number of aliphatic hydroxyl groups is 1. The lowest BCUT2D eigenvalue weighted by molar-refractivity contribution is -0.291. The van der Waals surface area contributed by atoms with Crippen molar-refractivity contribution < 1.29 is 62.3 Å². The summed E-state index contributed by atoms with van der Waals surface area (Å²) in [7, 11) is 0. The molecule has 2 spiro atoms. The van der Waals surface area contributed by atoms with Crippen LogP contribution in [0.2, 0.25) is 0 Å². The van der Waals surface area contributed by atoms with Crippen LogP contribution in [0.15, 0.2) is 83.9 Å². The van der Waals surface area contributed by atoms with Crippen LogP contribution in [0.5, 0.6) is 0 Å². The van der Waals surface area contributed by atoms with Crippen molar-refractivity contribution in [3.63, 3.8) is 0 Å². The van der Waals surface area contributed by atoms with Crippen molar-refractivity contribution in [2.75, 3.05) is 0 Å². The minimum atomic E-state index is -1.94. The van der Waals surface area contributed by atoms with E-state index in [2.05, 4.69) is 6.58 Å². The predicted molar refractivity (Wildman–Crippen MR) is 138 cm³/mol. The molecular formula is C29H26O13. The van der Waals surface area contributed by atoms with E-state index >= 15 is 0 Å². The molecule has 0 aromatic carbocycles. The largest absolute Gasteiger partial charge is 0.480 e. The topological polar surface area (TPSA) is 178 Å². The molecule has 0 amide bonds. The molecule has 1 atom stereocenters. The lowest BCUT2D eigenvalue weighted by Crippen LogP contribution is -2.56. The lowest BCUT2D eigenvalue weighted by Gasteiger charge is -2.45. The van der Waals surface area contributed by atoms with E-state index in [1.807, 2.05) is 0 Å². The van der Waals surface area contributed by atoms with Gasteiger partial charge in [0.05, 0.1) is 0 Å². The minimum absolute atomic E-state index is 0.0784. The summed E-state index contributed by atoms with van der Waals surface area (Å²) in [5, 5.41) is 9.97. The molecule has 1 aliphatic carbocycles. The number of cyclic esters (lactones) is 1. The summed E-state index contributed by atoms with van der Waals surface area (Å²) in [6.45, 7) is 5.81. The van der Waals surface area contributed by atoms with Gasteiger partial charge in [0.2, 0.25) is 5.78 Å². The second kappa shape index (κ2) is 11.4. The summed E-state index contributed by atoms with van der Waals surface area (Å²) in [4.78, 5) is 73.8. The van der Waals surface area contributed by atoms with Gasteiger partial charge in [-0.3, -0.25) is 4.79 Å². The van der Waals surface area contributed by atoms with E-state index in [4.69, 9.17) is 28.4 Å². The van der Waals surface area contributed by atoms with Gasteiger partial charge in [0, 0.05) is 39.5 Å². The molecule has 0 radical (unpaired) electrons. The summed E-state index contributed by atoms with van der Waals surface area (Å²) < 4.78 is 31.6. The van der Waals surface area contributed by atoms with Crippen LogP contribution in [-0.4, -0.2) is 58.1 Å². The first kappa shape index (κ1) is 29.8. The standard InChI is InChI=1S/C29H26O13/c1-4-5-7-10-19-23(33)39-28(40-24(19)34)13-15-29(16-14-28)41-25(35)20(26(36)42-29)12-9-6-8-11-18-21(31)37-27(3,17(2)30)38-22(18)32/h4-12,31H,1,13-16H2,2-3H3/b7-5+,9-6?,11-8?,19-10?,20-12?. The van der Waals surface area contributed by atoms with Crippen molar-refractivity contribution in [3.8, 4) is 0 Å². The number of ketones is 1. The Balaban J connectivity index is 1.36. The SMILES string of the molecule is C=C/C=C/C=C1C(=O)OC2(CCC3(CC2)OC(=O)C(=CC=CC=CC2=C(O)OC(C)(C(C)=O)OC2=O)C(=O)O3)OC1=O. The van der Waals surface area contributed by atoms with E-state index < -0.39 is 64.5 Å². The normalized spacial score (nSPS) is 29.8. The highest BCUT2D eigenvalue weighted by atomic mass is 16.8. The molecule has 13 heteroatoms. The van der Waals surface area contributed by atoms with Gasteiger partial charge >= 0.3 is 35.6 Å². The zero-order chi connectivity index (χ0) is 30.7. The van der Waals surface area contributed by atoms with Gasteiger partial charge in [-0.15, -0.1) is 0 Å². The van der Waals surface area contributed by atoms with Gasteiger partial charge in [0.15, 0.2) is 0 Å². The van der Waals surface area contributed by atoms with Crippen LogP contribution in [0.1, 0.15) is 39.5 Å². The van der Waals surface area contributed by atoms with Crippen molar-refractivity contribution in [1.82, 2.24) is 0 Å². The third kappa shape index (κ3) is 5.94. The second-order valence-electron chi connectivity index (χ2n) is 9.62. The molecular weight excluding hydrogens is 556 g/mol. The number of carbonyl (C=O) groups excluding carboxylic acids is 6. The summed E-state index contributed by atoms with van der Waals surface area (Å²) >= 11 is 0. The first-order valence-electron chi connectivity index (χ1n) is 12.7. The number of hydrogen-bond donors (Lipinski definition) is 1. The molecule has 1 saturated carbocycles. The van der Waals surface area contributed by atoms with E-state index in [0.717, 1.165) is 19.1 Å². The van der Waals surface area contributed by atoms with Gasteiger partial charge in [0.1, 0.15) is 16.7 Å². The maximum absolute atomic E-state index is 12.7. The number of ether oxygens (including phenoxy) is 6. The highest BCUT2D eigenvalue weighted by molar-refractivity contribution is 6.16. The maximum atomic E-state index is 12.7. The van der Waals surface area contributed by atoms with Crippen LogP contribution >= 0.6 is 0 Å². The quantitative estimate of drug-likeness (QED) is 0.159. The molecule has 4 aliphatic rings. The number of rotatable bonds is 6. The van der Waals surface area contributed by atoms with Gasteiger partial charge in [-0.05, 0) is 18.2 Å². The molecule has 3 aliphatic heterocycles. The van der Waals surface area contributed by atoms with Crippen LogP contribution in [-0.2, 0) is 57.2 Å². The molecule has 42 heavy (non-hydrogen) atoms.